The lowest BCUT2D eigenvalue weighted by Gasteiger charge is -2.25. The van der Waals surface area contributed by atoms with Gasteiger partial charge in [0.25, 0.3) is 0 Å². The Kier molecular flexibility index (Phi) is 3.46. The van der Waals surface area contributed by atoms with Gasteiger partial charge in [-0.3, -0.25) is 4.79 Å². The Morgan fingerprint density at radius 1 is 1.45 bits per heavy atom. The lowest BCUT2D eigenvalue weighted by molar-refractivity contribution is -0.120. The van der Waals surface area contributed by atoms with E-state index in [1.165, 1.54) is 5.56 Å². The summed E-state index contributed by atoms with van der Waals surface area (Å²) in [6, 6.07) is 0. The van der Waals surface area contributed by atoms with Gasteiger partial charge in [-0.1, -0.05) is 0 Å². The predicted molar refractivity (Wildman–Crippen MR) is 79.4 cm³/mol. The van der Waals surface area contributed by atoms with Gasteiger partial charge in [0.2, 0.25) is 5.95 Å². The Hall–Kier alpha value is -1.85. The Morgan fingerprint density at radius 3 is 3.00 bits per heavy atom. The van der Waals surface area contributed by atoms with Gasteiger partial charge in [-0.2, -0.15) is 9.97 Å². The lowest BCUT2D eigenvalue weighted by atomic mass is 10.1. The van der Waals surface area contributed by atoms with E-state index in [9.17, 15) is 4.79 Å². The van der Waals surface area contributed by atoms with Crippen LogP contribution in [0, 0.1) is 5.92 Å². The zero-order valence-corrected chi connectivity index (χ0v) is 12.1. The maximum absolute atomic E-state index is 11.6. The van der Waals surface area contributed by atoms with Crippen LogP contribution in [0.4, 0.5) is 17.6 Å². The number of nitrogens with zero attached hydrogens (tertiary/aromatic N) is 3. The molecule has 0 aliphatic carbocycles. The van der Waals surface area contributed by atoms with Gasteiger partial charge in [0.15, 0.2) is 0 Å². The summed E-state index contributed by atoms with van der Waals surface area (Å²) in [4.78, 5) is 22.9. The first-order valence-electron chi connectivity index (χ1n) is 7.27. The van der Waals surface area contributed by atoms with Crippen LogP contribution in [-0.4, -0.2) is 42.4 Å². The topological polar surface area (TPSA) is 70.2 Å². The summed E-state index contributed by atoms with van der Waals surface area (Å²) in [6.45, 7) is 4.33. The Balaban J connectivity index is 1.94. The molecule has 1 atom stereocenters. The molecule has 2 aliphatic rings. The van der Waals surface area contributed by atoms with Gasteiger partial charge in [-0.25, -0.2) is 0 Å². The minimum Gasteiger partial charge on any atom is -0.370 e. The fourth-order valence-electron chi connectivity index (χ4n) is 2.98. The van der Waals surface area contributed by atoms with E-state index in [2.05, 4.69) is 25.5 Å². The fraction of sp³-hybridized carbons (Fsp3) is 0.643. The molecular weight excluding hydrogens is 254 g/mol. The van der Waals surface area contributed by atoms with Crippen molar-refractivity contribution in [1.29, 1.82) is 0 Å². The minimum absolute atomic E-state index is 0.148. The van der Waals surface area contributed by atoms with E-state index < -0.39 is 0 Å². The molecule has 1 unspecified atom stereocenters. The van der Waals surface area contributed by atoms with Gasteiger partial charge in [0, 0.05) is 38.2 Å². The van der Waals surface area contributed by atoms with E-state index in [0.717, 1.165) is 50.5 Å². The summed E-state index contributed by atoms with van der Waals surface area (Å²) in [5, 5.41) is 6.37. The van der Waals surface area contributed by atoms with E-state index in [1.807, 2.05) is 7.05 Å². The number of anilines is 3. The number of aromatic nitrogens is 2. The van der Waals surface area contributed by atoms with Crippen molar-refractivity contribution >= 4 is 23.4 Å². The van der Waals surface area contributed by atoms with E-state index >= 15 is 0 Å². The fourth-order valence-corrected chi connectivity index (χ4v) is 2.98. The van der Waals surface area contributed by atoms with Crippen molar-refractivity contribution in [2.75, 3.05) is 42.2 Å². The molecule has 3 heterocycles. The number of Topliss-reactive ketones (excluding diaryl/α,β-unsaturated/α-hetero) is 1. The third-order valence-electron chi connectivity index (χ3n) is 4.17. The molecule has 0 saturated carbocycles. The van der Waals surface area contributed by atoms with Gasteiger partial charge in [-0.05, 0) is 26.2 Å². The summed E-state index contributed by atoms with van der Waals surface area (Å²) < 4.78 is 0. The maximum atomic E-state index is 11.6. The number of carbonyl (C=O) groups is 1. The number of fused-ring (bicyclic) bond motifs is 1. The van der Waals surface area contributed by atoms with Crippen LogP contribution in [0.15, 0.2) is 0 Å². The monoisotopic (exact) mass is 275 g/mol. The third kappa shape index (κ3) is 2.30. The van der Waals surface area contributed by atoms with Crippen molar-refractivity contribution in [2.45, 2.75) is 26.2 Å². The molecule has 2 N–H and O–H groups in total. The average Bonchev–Trinajstić information content (AvgIpc) is 2.96. The lowest BCUT2D eigenvalue weighted by Crippen LogP contribution is -2.27. The second kappa shape index (κ2) is 5.26. The molecule has 1 aromatic rings. The summed E-state index contributed by atoms with van der Waals surface area (Å²) in [5.74, 6) is 3.00. The molecule has 3 rings (SSSR count). The van der Waals surface area contributed by atoms with Crippen LogP contribution >= 0.6 is 0 Å². The van der Waals surface area contributed by atoms with Gasteiger partial charge >= 0.3 is 0 Å². The minimum atomic E-state index is 0.148. The van der Waals surface area contributed by atoms with E-state index in [-0.39, 0.29) is 11.7 Å². The summed E-state index contributed by atoms with van der Waals surface area (Å²) in [7, 11) is 1.83. The predicted octanol–water partition coefficient (Wildman–Crippen LogP) is 1.29. The molecule has 108 valence electrons. The quantitative estimate of drug-likeness (QED) is 0.866. The van der Waals surface area contributed by atoms with Crippen LogP contribution in [0.2, 0.25) is 0 Å². The smallest absolute Gasteiger partial charge is 0.226 e. The molecule has 1 saturated heterocycles. The molecule has 2 aliphatic heterocycles. The van der Waals surface area contributed by atoms with Crippen LogP contribution in [0.1, 0.15) is 25.3 Å². The standard InChI is InChI=1S/C14H21N5O/c1-9(20)10-5-7-19(8-10)13-11-4-3-6-16-12(11)17-14(15-2)18-13/h10H,3-8H2,1-2H3,(H2,15,16,17,18). The van der Waals surface area contributed by atoms with Crippen LogP contribution in [0.3, 0.4) is 0 Å². The highest BCUT2D eigenvalue weighted by Crippen LogP contribution is 2.33. The molecule has 6 heteroatoms. The number of rotatable bonds is 3. The van der Waals surface area contributed by atoms with Crippen LogP contribution in [0.5, 0.6) is 0 Å². The van der Waals surface area contributed by atoms with Crippen molar-refractivity contribution in [3.05, 3.63) is 5.56 Å². The number of carbonyl (C=O) groups excluding carboxylic acids is 1. The van der Waals surface area contributed by atoms with Crippen molar-refractivity contribution in [3.8, 4) is 0 Å². The Bertz CT molecular complexity index is 531. The SMILES string of the molecule is CNc1nc2c(c(N3CCC(C(C)=O)C3)n1)CCCN2. The average molecular weight is 275 g/mol. The molecule has 20 heavy (non-hydrogen) atoms. The highest BCUT2D eigenvalue weighted by atomic mass is 16.1. The molecule has 0 amide bonds. The van der Waals surface area contributed by atoms with Gasteiger partial charge < -0.3 is 15.5 Å². The Morgan fingerprint density at radius 2 is 2.30 bits per heavy atom. The van der Waals surface area contributed by atoms with E-state index in [1.54, 1.807) is 6.92 Å². The Labute approximate surface area is 119 Å². The van der Waals surface area contributed by atoms with Crippen LogP contribution in [-0.2, 0) is 11.2 Å². The van der Waals surface area contributed by atoms with Gasteiger partial charge in [-0.15, -0.1) is 0 Å². The second-order valence-electron chi connectivity index (χ2n) is 5.52. The van der Waals surface area contributed by atoms with Crippen LogP contribution < -0.4 is 15.5 Å². The van der Waals surface area contributed by atoms with Crippen molar-refractivity contribution < 1.29 is 4.79 Å². The molecule has 0 spiro atoms. The molecule has 1 fully saturated rings. The molecule has 0 aromatic carbocycles. The number of nitrogens with one attached hydrogen (secondary N) is 2. The maximum Gasteiger partial charge on any atom is 0.226 e. The molecule has 1 aromatic heterocycles. The number of ketones is 1. The van der Waals surface area contributed by atoms with E-state index in [4.69, 9.17) is 0 Å². The highest BCUT2D eigenvalue weighted by Gasteiger charge is 2.30. The second-order valence-corrected chi connectivity index (χ2v) is 5.52. The first-order valence-corrected chi connectivity index (χ1v) is 7.27. The first-order chi connectivity index (χ1) is 9.69. The zero-order valence-electron chi connectivity index (χ0n) is 12.1. The zero-order chi connectivity index (χ0) is 14.1. The summed E-state index contributed by atoms with van der Waals surface area (Å²) >= 11 is 0. The normalized spacial score (nSPS) is 21.3. The largest absolute Gasteiger partial charge is 0.370 e. The molecule has 6 nitrogen and oxygen atoms in total. The van der Waals surface area contributed by atoms with E-state index in [0.29, 0.717) is 5.95 Å². The molecule has 0 radical (unpaired) electrons. The van der Waals surface area contributed by atoms with Crippen molar-refractivity contribution in [1.82, 2.24) is 9.97 Å². The highest BCUT2D eigenvalue weighted by molar-refractivity contribution is 5.80. The summed E-state index contributed by atoms with van der Waals surface area (Å²) in [6.07, 6.45) is 3.03. The number of hydrogen-bond acceptors (Lipinski definition) is 6. The first kappa shape index (κ1) is 13.1. The number of hydrogen-bond donors (Lipinski definition) is 2. The van der Waals surface area contributed by atoms with Crippen LogP contribution in [0.25, 0.3) is 0 Å². The molecular formula is C14H21N5O. The summed E-state index contributed by atoms with van der Waals surface area (Å²) in [5.41, 5.74) is 1.19. The third-order valence-corrected chi connectivity index (χ3v) is 4.17. The molecule has 0 bridgehead atoms. The van der Waals surface area contributed by atoms with Crippen molar-refractivity contribution in [3.63, 3.8) is 0 Å². The van der Waals surface area contributed by atoms with Gasteiger partial charge in [0.1, 0.15) is 17.4 Å². The van der Waals surface area contributed by atoms with Crippen molar-refractivity contribution in [2.24, 2.45) is 5.92 Å². The van der Waals surface area contributed by atoms with Gasteiger partial charge in [0.05, 0.1) is 0 Å².